The predicted octanol–water partition coefficient (Wildman–Crippen LogP) is 3.52. The number of hydrogen-bond donors (Lipinski definition) is 0. The molecular formula is C24H26N4O5. The number of nitro groups is 1. The van der Waals surface area contributed by atoms with Gasteiger partial charge < -0.3 is 4.74 Å². The SMILES string of the molecule is CCOC(=O)[C@@]1(C)[C@H](c2ccccc2[N+](=O)[O-])N1n1c(CC(C)C)nc2ccccc2c1=O. The molecule has 4 rings (SSSR count). The molecule has 1 aliphatic rings. The average Bonchev–Trinajstić information content (AvgIpc) is 3.39. The van der Waals surface area contributed by atoms with Crippen molar-refractivity contribution in [1.82, 2.24) is 9.66 Å². The third-order valence-electron chi connectivity index (χ3n) is 5.93. The van der Waals surface area contributed by atoms with Gasteiger partial charge in [0.05, 0.1) is 28.0 Å². The maximum absolute atomic E-state index is 13.7. The molecule has 0 bridgehead atoms. The van der Waals surface area contributed by atoms with E-state index in [4.69, 9.17) is 9.72 Å². The van der Waals surface area contributed by atoms with Gasteiger partial charge in [0.15, 0.2) is 5.54 Å². The molecule has 1 aliphatic heterocycles. The van der Waals surface area contributed by atoms with Crippen LogP contribution in [0.25, 0.3) is 10.9 Å². The van der Waals surface area contributed by atoms with Gasteiger partial charge in [-0.2, -0.15) is 0 Å². The van der Waals surface area contributed by atoms with Crippen molar-refractivity contribution in [1.29, 1.82) is 0 Å². The topological polar surface area (TPSA) is 107 Å². The van der Waals surface area contributed by atoms with Crippen LogP contribution in [0.5, 0.6) is 0 Å². The number of ether oxygens (including phenoxy) is 1. The summed E-state index contributed by atoms with van der Waals surface area (Å²) in [5.74, 6) is 0.122. The molecule has 1 aromatic heterocycles. The summed E-state index contributed by atoms with van der Waals surface area (Å²) in [6.45, 7) is 7.51. The third-order valence-corrected chi connectivity index (χ3v) is 5.93. The summed E-state index contributed by atoms with van der Waals surface area (Å²) in [5, 5.41) is 13.7. The number of fused-ring (bicyclic) bond motifs is 1. The summed E-state index contributed by atoms with van der Waals surface area (Å²) in [5.41, 5.74) is -0.840. The Kier molecular flexibility index (Phi) is 5.65. The molecule has 0 saturated carbocycles. The van der Waals surface area contributed by atoms with E-state index in [2.05, 4.69) is 0 Å². The number of carbonyl (C=O) groups excluding carboxylic acids is 1. The fourth-order valence-corrected chi connectivity index (χ4v) is 4.39. The number of aromatic nitrogens is 2. The van der Waals surface area contributed by atoms with Crippen molar-refractivity contribution in [2.24, 2.45) is 5.92 Å². The van der Waals surface area contributed by atoms with Crippen molar-refractivity contribution >= 4 is 22.6 Å². The fourth-order valence-electron chi connectivity index (χ4n) is 4.39. The predicted molar refractivity (Wildman–Crippen MR) is 124 cm³/mol. The number of carbonyl (C=O) groups is 1. The number of benzene rings is 2. The molecule has 2 atom stereocenters. The first-order chi connectivity index (χ1) is 15.7. The van der Waals surface area contributed by atoms with Crippen molar-refractivity contribution < 1.29 is 14.5 Å². The van der Waals surface area contributed by atoms with Crippen LogP contribution in [0.4, 0.5) is 5.69 Å². The Balaban J connectivity index is 1.98. The molecule has 0 unspecified atom stereocenters. The number of hydrogen-bond acceptors (Lipinski definition) is 7. The zero-order valence-electron chi connectivity index (χ0n) is 19.0. The van der Waals surface area contributed by atoms with E-state index < -0.39 is 22.5 Å². The Bertz CT molecular complexity index is 1300. The summed E-state index contributed by atoms with van der Waals surface area (Å²) in [6.07, 6.45) is 0.485. The molecule has 0 N–H and O–H groups in total. The van der Waals surface area contributed by atoms with Crippen molar-refractivity contribution in [3.63, 3.8) is 0 Å². The Morgan fingerprint density at radius 2 is 1.88 bits per heavy atom. The van der Waals surface area contributed by atoms with E-state index in [9.17, 15) is 19.7 Å². The smallest absolute Gasteiger partial charge is 0.335 e. The number of nitrogens with zero attached hydrogens (tertiary/aromatic N) is 4. The van der Waals surface area contributed by atoms with Gasteiger partial charge in [0, 0.05) is 12.5 Å². The quantitative estimate of drug-likeness (QED) is 0.235. The first kappa shape index (κ1) is 22.4. The standard InChI is InChI=1S/C24H26N4O5/c1-5-33-23(30)24(4)21(17-11-7-9-13-19(17)28(31)32)27(24)26-20(14-15(2)3)25-18-12-8-6-10-16(18)22(26)29/h6-13,15,21H,5,14H2,1-4H3/t21-,24+,27?/m0/s1. The lowest BCUT2D eigenvalue weighted by molar-refractivity contribution is -0.385. The van der Waals surface area contributed by atoms with Crippen molar-refractivity contribution in [3.8, 4) is 0 Å². The Morgan fingerprint density at radius 3 is 2.55 bits per heavy atom. The van der Waals surface area contributed by atoms with Crippen LogP contribution in [0, 0.1) is 16.0 Å². The molecule has 9 heteroatoms. The van der Waals surface area contributed by atoms with Gasteiger partial charge in [-0.25, -0.2) is 14.5 Å². The molecule has 2 aromatic carbocycles. The van der Waals surface area contributed by atoms with Crippen molar-refractivity contribution in [2.75, 3.05) is 11.6 Å². The number of rotatable bonds is 7. The second kappa shape index (κ2) is 8.31. The average molecular weight is 450 g/mol. The summed E-state index contributed by atoms with van der Waals surface area (Å²) in [7, 11) is 0. The Hall–Kier alpha value is -3.75. The fraction of sp³-hybridized carbons (Fsp3) is 0.375. The highest BCUT2D eigenvalue weighted by Gasteiger charge is 2.69. The van der Waals surface area contributed by atoms with Gasteiger partial charge in [-0.15, -0.1) is 0 Å². The van der Waals surface area contributed by atoms with Gasteiger partial charge in [0.1, 0.15) is 11.9 Å². The van der Waals surface area contributed by atoms with Gasteiger partial charge in [0.25, 0.3) is 11.2 Å². The van der Waals surface area contributed by atoms with Crippen molar-refractivity contribution in [2.45, 2.75) is 45.7 Å². The molecule has 1 saturated heterocycles. The maximum Gasteiger partial charge on any atom is 0.335 e. The normalized spacial score (nSPS) is 19.7. The minimum atomic E-state index is -1.30. The maximum atomic E-state index is 13.7. The van der Waals surface area contributed by atoms with Gasteiger partial charge >= 0.3 is 5.97 Å². The molecule has 1 fully saturated rings. The summed E-state index contributed by atoms with van der Waals surface area (Å²) >= 11 is 0. The van der Waals surface area contributed by atoms with Crippen LogP contribution < -0.4 is 10.6 Å². The van der Waals surface area contributed by atoms with E-state index in [0.717, 1.165) is 0 Å². The largest absolute Gasteiger partial charge is 0.464 e. The summed E-state index contributed by atoms with van der Waals surface area (Å²) in [6, 6.07) is 12.5. The molecular weight excluding hydrogens is 424 g/mol. The highest BCUT2D eigenvalue weighted by atomic mass is 16.6. The molecule has 0 radical (unpaired) electrons. The molecule has 172 valence electrons. The molecule has 2 heterocycles. The number of esters is 1. The Morgan fingerprint density at radius 1 is 1.21 bits per heavy atom. The molecule has 9 nitrogen and oxygen atoms in total. The lowest BCUT2D eigenvalue weighted by Crippen LogP contribution is -2.40. The minimum Gasteiger partial charge on any atom is -0.464 e. The van der Waals surface area contributed by atoms with Gasteiger partial charge in [0.2, 0.25) is 0 Å². The highest BCUT2D eigenvalue weighted by Crippen LogP contribution is 2.54. The molecule has 0 aliphatic carbocycles. The highest BCUT2D eigenvalue weighted by molar-refractivity contribution is 5.91. The summed E-state index contributed by atoms with van der Waals surface area (Å²) in [4.78, 5) is 42.8. The van der Waals surface area contributed by atoms with Gasteiger partial charge in [-0.3, -0.25) is 19.9 Å². The molecule has 33 heavy (non-hydrogen) atoms. The second-order valence-corrected chi connectivity index (χ2v) is 8.69. The minimum absolute atomic E-state index is 0.118. The lowest BCUT2D eigenvalue weighted by atomic mass is 10.00. The summed E-state index contributed by atoms with van der Waals surface area (Å²) < 4.78 is 6.75. The van der Waals surface area contributed by atoms with E-state index in [0.29, 0.717) is 28.7 Å². The first-order valence-electron chi connectivity index (χ1n) is 10.9. The van der Waals surface area contributed by atoms with Crippen LogP contribution in [0.1, 0.15) is 45.1 Å². The van der Waals surface area contributed by atoms with E-state index in [1.54, 1.807) is 55.3 Å². The number of nitro benzene ring substituents is 1. The zero-order valence-corrected chi connectivity index (χ0v) is 19.0. The van der Waals surface area contributed by atoms with E-state index >= 15 is 0 Å². The van der Waals surface area contributed by atoms with E-state index in [1.807, 2.05) is 19.9 Å². The molecule has 0 spiro atoms. The van der Waals surface area contributed by atoms with E-state index in [-0.39, 0.29) is 23.8 Å². The molecule has 0 amide bonds. The molecule has 3 aromatic rings. The van der Waals surface area contributed by atoms with Crippen LogP contribution >= 0.6 is 0 Å². The first-order valence-corrected chi connectivity index (χ1v) is 10.9. The third kappa shape index (κ3) is 3.63. The van der Waals surface area contributed by atoms with Gasteiger partial charge in [-0.05, 0) is 38.0 Å². The van der Waals surface area contributed by atoms with Gasteiger partial charge in [-0.1, -0.05) is 38.1 Å². The van der Waals surface area contributed by atoms with Crippen LogP contribution in [-0.4, -0.2) is 32.7 Å². The van der Waals surface area contributed by atoms with E-state index in [1.165, 1.54) is 10.7 Å². The number of para-hydroxylation sites is 2. The Labute approximate surface area is 190 Å². The van der Waals surface area contributed by atoms with Crippen LogP contribution in [0.3, 0.4) is 0 Å². The van der Waals surface area contributed by atoms with Crippen LogP contribution in [-0.2, 0) is 16.0 Å². The lowest BCUT2D eigenvalue weighted by Gasteiger charge is -2.19. The van der Waals surface area contributed by atoms with Crippen LogP contribution in [0.2, 0.25) is 0 Å². The van der Waals surface area contributed by atoms with Crippen LogP contribution in [0.15, 0.2) is 53.3 Å². The second-order valence-electron chi connectivity index (χ2n) is 8.69. The zero-order chi connectivity index (χ0) is 23.9. The monoisotopic (exact) mass is 450 g/mol. The van der Waals surface area contributed by atoms with Crippen molar-refractivity contribution in [3.05, 3.63) is 80.4 Å².